The van der Waals surface area contributed by atoms with Gasteiger partial charge in [-0.2, -0.15) is 0 Å². The van der Waals surface area contributed by atoms with E-state index in [0.29, 0.717) is 10.4 Å². The Hall–Kier alpha value is -3.24. The molecule has 10 heteroatoms. The molecule has 0 saturated heterocycles. The molecule has 0 atom stereocenters. The molecule has 3 aromatic rings. The maximum Gasteiger partial charge on any atom is 0.341 e. The number of nitro benzene ring substituents is 1. The molecule has 0 fully saturated rings. The van der Waals surface area contributed by atoms with E-state index in [1.165, 1.54) is 12.1 Å². The van der Waals surface area contributed by atoms with Crippen molar-refractivity contribution in [2.75, 3.05) is 11.3 Å². The molecule has 3 rings (SSSR count). The molecule has 8 nitrogen and oxygen atoms in total. The minimum Gasteiger partial charge on any atom is -0.462 e. The second-order valence-electron chi connectivity index (χ2n) is 6.15. The van der Waals surface area contributed by atoms with Gasteiger partial charge in [0.05, 0.1) is 11.5 Å². The van der Waals surface area contributed by atoms with Crippen LogP contribution in [0.4, 0.5) is 10.7 Å². The largest absolute Gasteiger partial charge is 0.462 e. The summed E-state index contributed by atoms with van der Waals surface area (Å²) in [7, 11) is -4.33. The third-order valence-electron chi connectivity index (χ3n) is 4.20. The number of para-hydroxylation sites is 1. The van der Waals surface area contributed by atoms with Gasteiger partial charge in [0.1, 0.15) is 10.6 Å². The quantitative estimate of drug-likeness (QED) is 0.322. The standard InChI is InChI=1S/C20H18N2O6S2/c1-3-28-20(23)18-17(14-9-5-4-6-10-14)13(2)29-19(18)21-30(26,27)16-12-8-7-11-15(16)22(24)25/h4-12,21H,3H2,1-2H3. The number of nitrogens with one attached hydrogen (secondary N) is 1. The first-order valence-electron chi connectivity index (χ1n) is 8.88. The zero-order valence-corrected chi connectivity index (χ0v) is 17.7. The molecule has 0 bridgehead atoms. The van der Waals surface area contributed by atoms with Gasteiger partial charge in [0.15, 0.2) is 4.90 Å². The molecular formula is C20H18N2O6S2. The predicted octanol–water partition coefficient (Wildman–Crippen LogP) is 4.61. The summed E-state index contributed by atoms with van der Waals surface area (Å²) in [6.45, 7) is 3.52. The summed E-state index contributed by atoms with van der Waals surface area (Å²) in [6, 6.07) is 14.1. The van der Waals surface area contributed by atoms with E-state index < -0.39 is 31.5 Å². The van der Waals surface area contributed by atoms with Gasteiger partial charge >= 0.3 is 5.97 Å². The highest BCUT2D eigenvalue weighted by atomic mass is 32.2. The molecule has 0 spiro atoms. The number of hydrogen-bond donors (Lipinski definition) is 1. The third kappa shape index (κ3) is 4.19. The Balaban J connectivity index is 2.15. The minimum atomic E-state index is -4.33. The fraction of sp³-hybridized carbons (Fsp3) is 0.150. The molecule has 0 unspecified atom stereocenters. The molecule has 0 aliphatic heterocycles. The zero-order chi connectivity index (χ0) is 21.9. The van der Waals surface area contributed by atoms with Crippen molar-refractivity contribution in [3.63, 3.8) is 0 Å². The molecule has 0 saturated carbocycles. The Morgan fingerprint density at radius 3 is 2.40 bits per heavy atom. The zero-order valence-electron chi connectivity index (χ0n) is 16.1. The van der Waals surface area contributed by atoms with Gasteiger partial charge in [0.2, 0.25) is 0 Å². The van der Waals surface area contributed by atoms with Crippen molar-refractivity contribution in [2.45, 2.75) is 18.7 Å². The molecule has 1 heterocycles. The topological polar surface area (TPSA) is 116 Å². The van der Waals surface area contributed by atoms with Crippen molar-refractivity contribution in [3.05, 3.63) is 75.2 Å². The Morgan fingerprint density at radius 1 is 1.13 bits per heavy atom. The van der Waals surface area contributed by atoms with Crippen LogP contribution in [0.2, 0.25) is 0 Å². The molecule has 0 aliphatic carbocycles. The Labute approximate surface area is 177 Å². The summed E-state index contributed by atoms with van der Waals surface area (Å²) < 4.78 is 33.4. The normalized spacial score (nSPS) is 11.1. The lowest BCUT2D eigenvalue weighted by molar-refractivity contribution is -0.387. The summed E-state index contributed by atoms with van der Waals surface area (Å²) in [5.74, 6) is -0.680. The lowest BCUT2D eigenvalue weighted by Crippen LogP contribution is -2.16. The number of carbonyl (C=O) groups excluding carboxylic acids is 1. The SMILES string of the molecule is CCOC(=O)c1c(NS(=O)(=O)c2ccccc2[N+](=O)[O-])sc(C)c1-c1ccccc1. The van der Waals surface area contributed by atoms with Gasteiger partial charge < -0.3 is 4.74 Å². The smallest absolute Gasteiger partial charge is 0.341 e. The van der Waals surface area contributed by atoms with E-state index in [4.69, 9.17) is 4.74 Å². The number of nitro groups is 1. The van der Waals surface area contributed by atoms with Crippen LogP contribution in [0.5, 0.6) is 0 Å². The maximum absolute atomic E-state index is 13.0. The molecule has 1 N–H and O–H groups in total. The Morgan fingerprint density at radius 2 is 1.77 bits per heavy atom. The number of sulfonamides is 1. The van der Waals surface area contributed by atoms with Crippen molar-refractivity contribution >= 4 is 38.0 Å². The summed E-state index contributed by atoms with van der Waals surface area (Å²) in [6.07, 6.45) is 0. The number of hydrogen-bond acceptors (Lipinski definition) is 7. The first kappa shape index (κ1) is 21.5. The van der Waals surface area contributed by atoms with Gasteiger partial charge in [-0.05, 0) is 25.5 Å². The number of esters is 1. The van der Waals surface area contributed by atoms with E-state index in [9.17, 15) is 23.3 Å². The predicted molar refractivity (Wildman–Crippen MR) is 114 cm³/mol. The molecule has 2 aromatic carbocycles. The number of anilines is 1. The van der Waals surface area contributed by atoms with E-state index >= 15 is 0 Å². The number of nitrogens with zero attached hydrogens (tertiary/aromatic N) is 1. The third-order valence-corrected chi connectivity index (χ3v) is 6.75. The van der Waals surface area contributed by atoms with E-state index in [-0.39, 0.29) is 17.2 Å². The molecule has 0 amide bonds. The van der Waals surface area contributed by atoms with Crippen LogP contribution in [0.25, 0.3) is 11.1 Å². The lowest BCUT2D eigenvalue weighted by Gasteiger charge is -2.10. The van der Waals surface area contributed by atoms with Crippen LogP contribution in [0.15, 0.2) is 59.5 Å². The molecule has 0 aliphatic rings. The van der Waals surface area contributed by atoms with E-state index in [2.05, 4.69) is 4.72 Å². The molecule has 156 valence electrons. The van der Waals surface area contributed by atoms with Gasteiger partial charge in [0, 0.05) is 16.5 Å². The van der Waals surface area contributed by atoms with Crippen LogP contribution >= 0.6 is 11.3 Å². The van der Waals surface area contributed by atoms with Crippen LogP contribution in [-0.2, 0) is 14.8 Å². The summed E-state index contributed by atoms with van der Waals surface area (Å²) in [5, 5.41) is 11.3. The number of carbonyl (C=O) groups is 1. The summed E-state index contributed by atoms with van der Waals surface area (Å²) in [5.41, 5.74) is 0.803. The van der Waals surface area contributed by atoms with Gasteiger partial charge in [-0.15, -0.1) is 11.3 Å². The number of benzene rings is 2. The highest BCUT2D eigenvalue weighted by Gasteiger charge is 2.30. The second-order valence-corrected chi connectivity index (χ2v) is 9.03. The summed E-state index contributed by atoms with van der Waals surface area (Å²) in [4.78, 5) is 23.4. The average molecular weight is 447 g/mol. The van der Waals surface area contributed by atoms with Crippen LogP contribution in [0, 0.1) is 17.0 Å². The van der Waals surface area contributed by atoms with Crippen LogP contribution in [0.3, 0.4) is 0 Å². The lowest BCUT2D eigenvalue weighted by atomic mass is 10.0. The number of thiophene rings is 1. The van der Waals surface area contributed by atoms with Gasteiger partial charge in [-0.1, -0.05) is 42.5 Å². The first-order chi connectivity index (χ1) is 14.3. The van der Waals surface area contributed by atoms with Crippen LogP contribution in [0.1, 0.15) is 22.2 Å². The molecular weight excluding hydrogens is 428 g/mol. The van der Waals surface area contributed by atoms with Crippen molar-refractivity contribution < 1.29 is 22.9 Å². The number of ether oxygens (including phenoxy) is 1. The van der Waals surface area contributed by atoms with Crippen molar-refractivity contribution in [3.8, 4) is 11.1 Å². The van der Waals surface area contributed by atoms with Crippen molar-refractivity contribution in [1.82, 2.24) is 0 Å². The van der Waals surface area contributed by atoms with E-state index in [1.807, 2.05) is 6.07 Å². The number of rotatable bonds is 7. The molecule has 0 radical (unpaired) electrons. The highest BCUT2D eigenvalue weighted by molar-refractivity contribution is 7.93. The van der Waals surface area contributed by atoms with Crippen LogP contribution in [-0.4, -0.2) is 25.9 Å². The fourth-order valence-corrected chi connectivity index (χ4v) is 5.52. The minimum absolute atomic E-state index is 0.0444. The van der Waals surface area contributed by atoms with Crippen LogP contribution < -0.4 is 4.72 Å². The average Bonchev–Trinajstić information content (AvgIpc) is 3.03. The second kappa shape index (κ2) is 8.64. The first-order valence-corrected chi connectivity index (χ1v) is 11.2. The van der Waals surface area contributed by atoms with E-state index in [1.54, 1.807) is 38.1 Å². The fourth-order valence-electron chi connectivity index (χ4n) is 2.98. The highest BCUT2D eigenvalue weighted by Crippen LogP contribution is 2.41. The van der Waals surface area contributed by atoms with E-state index in [0.717, 1.165) is 29.0 Å². The van der Waals surface area contributed by atoms with Crippen molar-refractivity contribution in [2.24, 2.45) is 0 Å². The number of aryl methyl sites for hydroxylation is 1. The van der Waals surface area contributed by atoms with Crippen molar-refractivity contribution in [1.29, 1.82) is 0 Å². The van der Waals surface area contributed by atoms with Gasteiger partial charge in [0.25, 0.3) is 15.7 Å². The molecule has 30 heavy (non-hydrogen) atoms. The van der Waals surface area contributed by atoms with Gasteiger partial charge in [-0.3, -0.25) is 14.8 Å². The Bertz CT molecular complexity index is 1200. The monoisotopic (exact) mass is 446 g/mol. The van der Waals surface area contributed by atoms with Gasteiger partial charge in [-0.25, -0.2) is 13.2 Å². The summed E-state index contributed by atoms with van der Waals surface area (Å²) >= 11 is 1.06. The molecule has 1 aromatic heterocycles. The Kier molecular flexibility index (Phi) is 6.18. The maximum atomic E-state index is 13.0.